The summed E-state index contributed by atoms with van der Waals surface area (Å²) in [7, 11) is 1.44. The topological polar surface area (TPSA) is 72.7 Å². The second-order valence-corrected chi connectivity index (χ2v) is 5.35. The molecule has 0 radical (unpaired) electrons. The van der Waals surface area contributed by atoms with Crippen LogP contribution in [-0.2, 0) is 4.74 Å². The summed E-state index contributed by atoms with van der Waals surface area (Å²) in [5.41, 5.74) is 2.42. The minimum atomic E-state index is -0.640. The van der Waals surface area contributed by atoms with Gasteiger partial charge in [0.25, 0.3) is 0 Å². The number of carbonyl (C=O) groups is 1. The molecule has 7 heteroatoms. The fraction of sp³-hybridized carbons (Fsp3) is 0.500. The first-order valence-corrected chi connectivity index (χ1v) is 6.05. The van der Waals surface area contributed by atoms with Crippen LogP contribution in [0.5, 0.6) is 11.5 Å². The Morgan fingerprint density at radius 2 is 2.05 bits per heavy atom. The van der Waals surface area contributed by atoms with Gasteiger partial charge in [0.05, 0.1) is 19.0 Å². The molecule has 1 heterocycles. The number of ether oxygens (including phenoxy) is 2. The van der Waals surface area contributed by atoms with Gasteiger partial charge in [-0.2, -0.15) is 0 Å². The smallest absolute Gasteiger partial charge is 0.426 e. The second kappa shape index (κ2) is 5.48. The quantitative estimate of drug-likeness (QED) is 0.818. The molecule has 0 saturated carbocycles. The van der Waals surface area contributed by atoms with Gasteiger partial charge in [0, 0.05) is 0 Å². The van der Waals surface area contributed by atoms with Crippen molar-refractivity contribution < 1.29 is 19.4 Å². The molecule has 1 rings (SSSR count). The number of methoxy groups -OCH3 is 1. The Kier molecular flexibility index (Phi) is 4.41. The fourth-order valence-electron chi connectivity index (χ4n) is 1.42. The Bertz CT molecular complexity index is 546. The number of hydrogen-bond donors (Lipinski definition) is 2. The summed E-state index contributed by atoms with van der Waals surface area (Å²) in [6.45, 7) is 6.98. The van der Waals surface area contributed by atoms with Crippen molar-refractivity contribution in [1.82, 2.24) is 4.68 Å². The van der Waals surface area contributed by atoms with E-state index in [4.69, 9.17) is 21.7 Å². The molecule has 0 atom stereocenters. The van der Waals surface area contributed by atoms with E-state index >= 15 is 0 Å². The number of nitrogens with one attached hydrogen (secondary N) is 1. The molecule has 0 aliphatic heterocycles. The molecular weight excluding hydrogens is 268 g/mol. The van der Waals surface area contributed by atoms with E-state index in [0.29, 0.717) is 11.4 Å². The minimum absolute atomic E-state index is 0.159. The van der Waals surface area contributed by atoms with Gasteiger partial charge in [-0.1, -0.05) is 12.2 Å². The van der Waals surface area contributed by atoms with Gasteiger partial charge in [0.15, 0.2) is 11.5 Å². The summed E-state index contributed by atoms with van der Waals surface area (Å²) in [6, 6.07) is 0. The van der Waals surface area contributed by atoms with Crippen LogP contribution in [0.4, 0.5) is 4.79 Å². The third-order valence-corrected chi connectivity index (χ3v) is 2.59. The molecule has 0 aliphatic carbocycles. The Morgan fingerprint density at radius 3 is 2.53 bits per heavy atom. The number of pyridine rings is 1. The molecule has 0 spiro atoms. The molecule has 0 aromatic carbocycles. The van der Waals surface area contributed by atoms with Gasteiger partial charge in [-0.05, 0) is 27.7 Å². The van der Waals surface area contributed by atoms with E-state index in [-0.39, 0.29) is 10.3 Å². The Balaban J connectivity index is 3.06. The van der Waals surface area contributed by atoms with Crippen LogP contribution in [-0.4, -0.2) is 28.6 Å². The van der Waals surface area contributed by atoms with Crippen molar-refractivity contribution in [3.05, 3.63) is 16.4 Å². The summed E-state index contributed by atoms with van der Waals surface area (Å²) in [6.07, 6.45) is 0.656. The molecule has 0 saturated heterocycles. The van der Waals surface area contributed by atoms with Crippen molar-refractivity contribution in [2.24, 2.45) is 0 Å². The lowest BCUT2D eigenvalue weighted by Crippen LogP contribution is -2.32. The molecule has 6 nitrogen and oxygen atoms in total. The number of nitrogens with zero attached hydrogens (tertiary/aromatic N) is 1. The van der Waals surface area contributed by atoms with Crippen LogP contribution in [0.3, 0.4) is 0 Å². The maximum Gasteiger partial charge on any atom is 0.426 e. The van der Waals surface area contributed by atoms with Gasteiger partial charge < -0.3 is 14.6 Å². The zero-order chi connectivity index (χ0) is 14.8. The lowest BCUT2D eigenvalue weighted by Gasteiger charge is -2.21. The van der Waals surface area contributed by atoms with Crippen molar-refractivity contribution in [3.8, 4) is 11.5 Å². The highest BCUT2D eigenvalue weighted by Crippen LogP contribution is 2.25. The van der Waals surface area contributed by atoms with E-state index < -0.39 is 11.7 Å². The third-order valence-electron chi connectivity index (χ3n) is 2.19. The van der Waals surface area contributed by atoms with Crippen molar-refractivity contribution in [2.75, 3.05) is 12.5 Å². The van der Waals surface area contributed by atoms with Gasteiger partial charge in [0.1, 0.15) is 10.1 Å². The molecule has 0 aliphatic rings. The number of aromatic nitrogens is 1. The lowest BCUT2D eigenvalue weighted by molar-refractivity contribution is 0.0612. The predicted octanol–water partition coefficient (Wildman–Crippen LogP) is 2.72. The first kappa shape index (κ1) is 15.3. The Morgan fingerprint density at radius 1 is 1.47 bits per heavy atom. The number of hydrogen-bond acceptors (Lipinski definition) is 5. The molecule has 1 amide bonds. The molecule has 1 aromatic rings. The largest absolute Gasteiger partial charge is 0.505 e. The number of aromatic hydroxyl groups is 1. The molecule has 106 valence electrons. The number of carbonyl (C=O) groups excluding carboxylic acids is 1. The zero-order valence-corrected chi connectivity index (χ0v) is 12.4. The lowest BCUT2D eigenvalue weighted by atomic mass is 10.2. The van der Waals surface area contributed by atoms with Crippen molar-refractivity contribution in [2.45, 2.75) is 33.3 Å². The van der Waals surface area contributed by atoms with E-state index in [0.717, 1.165) is 0 Å². The molecular formula is C12H18N2O4S. The maximum absolute atomic E-state index is 11.7. The van der Waals surface area contributed by atoms with Crippen LogP contribution in [0.2, 0.25) is 0 Å². The molecule has 0 unspecified atom stereocenters. The molecule has 2 N–H and O–H groups in total. The van der Waals surface area contributed by atoms with Crippen LogP contribution >= 0.6 is 12.2 Å². The van der Waals surface area contributed by atoms with Gasteiger partial charge in [-0.25, -0.2) is 10.2 Å². The summed E-state index contributed by atoms with van der Waals surface area (Å²) in [5.74, 6) is 0.166. The van der Waals surface area contributed by atoms with Gasteiger partial charge in [-0.15, -0.1) is 0 Å². The number of rotatable bonds is 2. The van der Waals surface area contributed by atoms with Crippen LogP contribution in [0, 0.1) is 11.4 Å². The number of amides is 1. The summed E-state index contributed by atoms with van der Waals surface area (Å²) >= 11 is 5.01. The van der Waals surface area contributed by atoms with Gasteiger partial charge in [-0.3, -0.25) is 4.68 Å². The fourth-order valence-corrected chi connectivity index (χ4v) is 1.71. The molecule has 0 fully saturated rings. The maximum atomic E-state index is 11.7. The first-order valence-electron chi connectivity index (χ1n) is 5.65. The average molecular weight is 286 g/mol. The highest BCUT2D eigenvalue weighted by molar-refractivity contribution is 7.71. The standard InChI is InChI=1S/C12H18N2O4S/c1-7-9(17-5)10(19)8(15)6-14(7)13-11(16)18-12(2,3)4/h6,15H,1-5H3,(H,13,16). The van der Waals surface area contributed by atoms with Gasteiger partial charge in [0.2, 0.25) is 0 Å². The predicted molar refractivity (Wildman–Crippen MR) is 73.8 cm³/mol. The van der Waals surface area contributed by atoms with Crippen LogP contribution in [0.15, 0.2) is 6.20 Å². The van der Waals surface area contributed by atoms with Crippen molar-refractivity contribution >= 4 is 18.3 Å². The summed E-state index contributed by atoms with van der Waals surface area (Å²) in [4.78, 5) is 11.7. The highest BCUT2D eigenvalue weighted by Gasteiger charge is 2.18. The van der Waals surface area contributed by atoms with Crippen LogP contribution in [0.1, 0.15) is 26.5 Å². The Labute approximate surface area is 116 Å². The van der Waals surface area contributed by atoms with E-state index in [9.17, 15) is 9.90 Å². The first-order chi connectivity index (χ1) is 8.65. The molecule has 19 heavy (non-hydrogen) atoms. The molecule has 1 aromatic heterocycles. The second-order valence-electron chi connectivity index (χ2n) is 4.95. The molecule has 0 bridgehead atoms. The monoisotopic (exact) mass is 286 g/mol. The minimum Gasteiger partial charge on any atom is -0.505 e. The van der Waals surface area contributed by atoms with Crippen LogP contribution in [0.25, 0.3) is 0 Å². The highest BCUT2D eigenvalue weighted by atomic mass is 32.1. The zero-order valence-electron chi connectivity index (χ0n) is 11.6. The summed E-state index contributed by atoms with van der Waals surface area (Å²) in [5, 5.41) is 9.68. The van der Waals surface area contributed by atoms with E-state index in [1.165, 1.54) is 18.0 Å². The summed E-state index contributed by atoms with van der Waals surface area (Å²) < 4.78 is 11.7. The van der Waals surface area contributed by atoms with Crippen molar-refractivity contribution in [3.63, 3.8) is 0 Å². The van der Waals surface area contributed by atoms with E-state index in [1.807, 2.05) is 0 Å². The average Bonchev–Trinajstić information content (AvgIpc) is 2.24. The SMILES string of the molecule is COc1c(C)n(NC(=O)OC(C)(C)C)cc(O)c1=S. The Hall–Kier alpha value is -1.76. The van der Waals surface area contributed by atoms with Crippen molar-refractivity contribution in [1.29, 1.82) is 0 Å². The van der Waals surface area contributed by atoms with Gasteiger partial charge >= 0.3 is 6.09 Å². The third kappa shape index (κ3) is 3.85. The van der Waals surface area contributed by atoms with Crippen LogP contribution < -0.4 is 10.2 Å². The van der Waals surface area contributed by atoms with E-state index in [2.05, 4.69) is 5.43 Å². The van der Waals surface area contributed by atoms with E-state index in [1.54, 1.807) is 27.7 Å². The normalized spacial score (nSPS) is 11.0.